The van der Waals surface area contributed by atoms with Crippen LogP contribution in [0.1, 0.15) is 24.0 Å². The van der Waals surface area contributed by atoms with E-state index in [2.05, 4.69) is 14.9 Å². The number of anilines is 1. The lowest BCUT2D eigenvalue weighted by Gasteiger charge is -2.18. The zero-order valence-corrected chi connectivity index (χ0v) is 15.7. The van der Waals surface area contributed by atoms with Crippen molar-refractivity contribution in [1.82, 2.24) is 9.97 Å². The van der Waals surface area contributed by atoms with Crippen LogP contribution in [0.15, 0.2) is 29.2 Å². The number of aromatic amines is 1. The second-order valence-corrected chi connectivity index (χ2v) is 8.91. The molecule has 2 aromatic heterocycles. The van der Waals surface area contributed by atoms with Crippen LogP contribution < -0.4 is 10.5 Å². The van der Waals surface area contributed by atoms with E-state index in [-0.39, 0.29) is 22.2 Å². The Morgan fingerprint density at radius 1 is 1.16 bits per heavy atom. The summed E-state index contributed by atoms with van der Waals surface area (Å²) in [5.41, 5.74) is 0.145. The zero-order valence-electron chi connectivity index (χ0n) is 13.3. The van der Waals surface area contributed by atoms with Gasteiger partial charge in [0.25, 0.3) is 5.56 Å². The summed E-state index contributed by atoms with van der Waals surface area (Å²) in [5.74, 6) is 0.0852. The van der Waals surface area contributed by atoms with Crippen LogP contribution in [0.4, 0.5) is 5.82 Å². The second-order valence-electron chi connectivity index (χ2n) is 6.04. The van der Waals surface area contributed by atoms with Crippen LogP contribution in [0.2, 0.25) is 10.2 Å². The van der Waals surface area contributed by atoms with E-state index in [1.165, 1.54) is 18.3 Å². The van der Waals surface area contributed by atoms with E-state index in [1.807, 2.05) is 0 Å². The molecule has 3 heterocycles. The monoisotopic (exact) mass is 401 g/mol. The van der Waals surface area contributed by atoms with E-state index in [0.29, 0.717) is 16.4 Å². The molecule has 0 aromatic carbocycles. The van der Waals surface area contributed by atoms with Gasteiger partial charge in [-0.2, -0.15) is 0 Å². The number of nitrogens with zero attached hydrogens (tertiary/aromatic N) is 2. The molecular formula is C16H17Cl2N3O3S. The van der Waals surface area contributed by atoms with Crippen molar-refractivity contribution in [3.05, 3.63) is 56.1 Å². The molecule has 0 amide bonds. The molecule has 0 aliphatic carbocycles. The summed E-state index contributed by atoms with van der Waals surface area (Å²) in [6.45, 7) is 1.81. The maximum atomic E-state index is 12.4. The predicted octanol–water partition coefficient (Wildman–Crippen LogP) is 2.79. The minimum Gasteiger partial charge on any atom is -0.355 e. The minimum absolute atomic E-state index is 0.150. The van der Waals surface area contributed by atoms with Crippen LogP contribution in [0, 0.1) is 0 Å². The molecule has 0 unspecified atom stereocenters. The first-order valence-corrected chi connectivity index (χ1v) is 10.4. The van der Waals surface area contributed by atoms with E-state index in [0.717, 1.165) is 25.9 Å². The van der Waals surface area contributed by atoms with E-state index in [9.17, 15) is 13.2 Å². The summed E-state index contributed by atoms with van der Waals surface area (Å²) < 4.78 is 24.8. The van der Waals surface area contributed by atoms with Gasteiger partial charge in [0.2, 0.25) is 0 Å². The van der Waals surface area contributed by atoms with Crippen molar-refractivity contribution in [1.29, 1.82) is 0 Å². The van der Waals surface area contributed by atoms with Crippen LogP contribution >= 0.6 is 23.2 Å². The number of halogens is 2. The third-order valence-electron chi connectivity index (χ3n) is 4.00. The Labute approximate surface area is 155 Å². The molecule has 6 nitrogen and oxygen atoms in total. The third kappa shape index (κ3) is 4.54. The number of hydrogen-bond donors (Lipinski definition) is 1. The number of hydrogen-bond acceptors (Lipinski definition) is 5. The van der Waals surface area contributed by atoms with Crippen molar-refractivity contribution in [2.24, 2.45) is 0 Å². The molecule has 25 heavy (non-hydrogen) atoms. The van der Waals surface area contributed by atoms with Gasteiger partial charge in [0.15, 0.2) is 9.84 Å². The van der Waals surface area contributed by atoms with Crippen molar-refractivity contribution < 1.29 is 8.42 Å². The molecule has 1 saturated heterocycles. The summed E-state index contributed by atoms with van der Waals surface area (Å²) in [6, 6.07) is 4.50. The van der Waals surface area contributed by atoms with Crippen LogP contribution in [-0.2, 0) is 21.3 Å². The summed E-state index contributed by atoms with van der Waals surface area (Å²) in [6.07, 6.45) is 3.73. The topological polar surface area (TPSA) is 83.1 Å². The van der Waals surface area contributed by atoms with Crippen LogP contribution in [0.5, 0.6) is 0 Å². The molecule has 1 aliphatic rings. The van der Waals surface area contributed by atoms with E-state index in [1.54, 1.807) is 6.07 Å². The van der Waals surface area contributed by atoms with Gasteiger partial charge in [-0.25, -0.2) is 13.4 Å². The van der Waals surface area contributed by atoms with Gasteiger partial charge >= 0.3 is 0 Å². The maximum absolute atomic E-state index is 12.4. The van der Waals surface area contributed by atoms with Crippen LogP contribution in [0.25, 0.3) is 0 Å². The Morgan fingerprint density at radius 2 is 1.88 bits per heavy atom. The van der Waals surface area contributed by atoms with Crippen molar-refractivity contribution in [3.63, 3.8) is 0 Å². The van der Waals surface area contributed by atoms with Gasteiger partial charge in [-0.3, -0.25) is 4.79 Å². The molecule has 9 heteroatoms. The lowest BCUT2D eigenvalue weighted by Crippen LogP contribution is -2.20. The highest BCUT2D eigenvalue weighted by molar-refractivity contribution is 7.89. The average Bonchev–Trinajstić information content (AvgIpc) is 3.04. The summed E-state index contributed by atoms with van der Waals surface area (Å²) in [7, 11) is -3.55. The first kappa shape index (κ1) is 18.2. The number of aromatic nitrogens is 2. The molecule has 0 saturated carbocycles. The van der Waals surface area contributed by atoms with Gasteiger partial charge in [0.05, 0.1) is 16.5 Å². The Balaban J connectivity index is 1.76. The molecule has 3 rings (SSSR count). The van der Waals surface area contributed by atoms with Gasteiger partial charge in [-0.15, -0.1) is 0 Å². The smallest absolute Gasteiger partial charge is 0.253 e. The van der Waals surface area contributed by atoms with Crippen LogP contribution in [0.3, 0.4) is 0 Å². The fourth-order valence-electron chi connectivity index (χ4n) is 2.85. The highest BCUT2D eigenvalue weighted by Crippen LogP contribution is 2.27. The van der Waals surface area contributed by atoms with E-state index < -0.39 is 15.4 Å². The molecule has 1 fully saturated rings. The number of rotatable bonds is 5. The Morgan fingerprint density at radius 3 is 2.52 bits per heavy atom. The van der Waals surface area contributed by atoms with Gasteiger partial charge in [0.1, 0.15) is 11.0 Å². The minimum atomic E-state index is -3.55. The average molecular weight is 402 g/mol. The molecule has 0 atom stereocenters. The SMILES string of the molecule is O=c1[nH]c(Cl)ccc1CS(=O)(=O)Cc1cnc(N2CCCC2)c(Cl)c1. The third-order valence-corrected chi connectivity index (χ3v) is 6.02. The summed E-state index contributed by atoms with van der Waals surface area (Å²) in [5, 5.41) is 0.610. The Bertz CT molecular complexity index is 938. The lowest BCUT2D eigenvalue weighted by molar-refractivity contribution is 0.594. The predicted molar refractivity (Wildman–Crippen MR) is 99.1 cm³/mol. The maximum Gasteiger partial charge on any atom is 0.253 e. The van der Waals surface area contributed by atoms with E-state index >= 15 is 0 Å². The molecule has 0 bridgehead atoms. The Hall–Kier alpha value is -1.57. The summed E-state index contributed by atoms with van der Waals surface area (Å²) in [4.78, 5) is 20.6. The van der Waals surface area contributed by atoms with Gasteiger partial charge in [-0.1, -0.05) is 23.2 Å². The highest BCUT2D eigenvalue weighted by Gasteiger charge is 2.19. The number of H-pyrrole nitrogens is 1. The number of nitrogens with one attached hydrogen (secondary N) is 1. The molecule has 2 aromatic rings. The van der Waals surface area contributed by atoms with Crippen molar-refractivity contribution in [2.45, 2.75) is 24.3 Å². The van der Waals surface area contributed by atoms with Gasteiger partial charge < -0.3 is 9.88 Å². The zero-order chi connectivity index (χ0) is 18.0. The van der Waals surface area contributed by atoms with E-state index in [4.69, 9.17) is 23.2 Å². The normalized spacial score (nSPS) is 14.9. The van der Waals surface area contributed by atoms with Crippen molar-refractivity contribution in [2.75, 3.05) is 18.0 Å². The molecule has 0 spiro atoms. The fourth-order valence-corrected chi connectivity index (χ4v) is 4.77. The highest BCUT2D eigenvalue weighted by atomic mass is 35.5. The van der Waals surface area contributed by atoms with Gasteiger partial charge in [0, 0.05) is 24.8 Å². The number of pyridine rings is 2. The molecular weight excluding hydrogens is 385 g/mol. The Kier molecular flexibility index (Phi) is 5.36. The molecule has 1 aliphatic heterocycles. The quantitative estimate of drug-likeness (QED) is 0.778. The number of sulfone groups is 1. The lowest BCUT2D eigenvalue weighted by atomic mass is 10.3. The van der Waals surface area contributed by atoms with Crippen molar-refractivity contribution >= 4 is 38.9 Å². The fraction of sp³-hybridized carbons (Fsp3) is 0.375. The first-order chi connectivity index (χ1) is 11.8. The van der Waals surface area contributed by atoms with Crippen molar-refractivity contribution in [3.8, 4) is 0 Å². The first-order valence-electron chi connectivity index (χ1n) is 7.81. The summed E-state index contributed by atoms with van der Waals surface area (Å²) >= 11 is 11.9. The van der Waals surface area contributed by atoms with Gasteiger partial charge in [-0.05, 0) is 36.6 Å². The largest absolute Gasteiger partial charge is 0.355 e. The molecule has 0 radical (unpaired) electrons. The standard InChI is InChI=1S/C16H17Cl2N3O3S/c17-13-7-11(8-19-15(13)21-5-1-2-6-21)9-25(23,24)10-12-3-4-14(18)20-16(12)22/h3-4,7-8H,1-2,5-6,9-10H2,(H,20,22). The molecule has 134 valence electrons. The second kappa shape index (κ2) is 7.35. The van der Waals surface area contributed by atoms with Crippen LogP contribution in [-0.4, -0.2) is 31.5 Å². The molecule has 1 N–H and O–H groups in total.